The summed E-state index contributed by atoms with van der Waals surface area (Å²) < 4.78 is 0. The number of piperidine rings is 1. The maximum Gasteiger partial charge on any atom is 0.247 e. The normalized spacial score (nSPS) is 27.2. The van der Waals surface area contributed by atoms with Crippen LogP contribution in [0, 0.1) is 0 Å². The fourth-order valence-corrected chi connectivity index (χ4v) is 3.24. The summed E-state index contributed by atoms with van der Waals surface area (Å²) in [6.07, 6.45) is 1.80. The van der Waals surface area contributed by atoms with E-state index in [0.29, 0.717) is 12.8 Å². The minimum atomic E-state index is -0.521. The lowest BCUT2D eigenvalue weighted by Crippen LogP contribution is -2.61. The van der Waals surface area contributed by atoms with Gasteiger partial charge in [-0.2, -0.15) is 0 Å². The lowest BCUT2D eigenvalue weighted by atomic mass is 9.84. The second kappa shape index (κ2) is 4.46. The Hall–Kier alpha value is -1.68. The van der Waals surface area contributed by atoms with Crippen molar-refractivity contribution in [1.29, 1.82) is 0 Å². The van der Waals surface area contributed by atoms with E-state index in [-0.39, 0.29) is 11.8 Å². The highest BCUT2D eigenvalue weighted by molar-refractivity contribution is 6.02. The highest BCUT2D eigenvalue weighted by atomic mass is 16.2. The lowest BCUT2D eigenvalue weighted by molar-refractivity contribution is -0.145. The first-order chi connectivity index (χ1) is 9.15. The molecule has 4 heteroatoms. The molecular weight excluding hydrogens is 240 g/mol. The zero-order valence-corrected chi connectivity index (χ0v) is 11.1. The predicted molar refractivity (Wildman–Crippen MR) is 71.1 cm³/mol. The number of nitrogens with zero attached hydrogens (tertiary/aromatic N) is 1. The molecule has 0 aliphatic carbocycles. The molecule has 1 atom stereocenters. The van der Waals surface area contributed by atoms with Crippen molar-refractivity contribution in [3.05, 3.63) is 35.4 Å². The summed E-state index contributed by atoms with van der Waals surface area (Å²) in [4.78, 5) is 25.9. The maximum atomic E-state index is 12.3. The van der Waals surface area contributed by atoms with Gasteiger partial charge in [0.05, 0.1) is 0 Å². The van der Waals surface area contributed by atoms with Crippen LogP contribution >= 0.6 is 0 Å². The van der Waals surface area contributed by atoms with Gasteiger partial charge in [-0.05, 0) is 24.0 Å². The molecule has 4 nitrogen and oxygen atoms in total. The van der Waals surface area contributed by atoms with Crippen molar-refractivity contribution < 1.29 is 9.59 Å². The summed E-state index contributed by atoms with van der Waals surface area (Å²) >= 11 is 0. The van der Waals surface area contributed by atoms with E-state index in [4.69, 9.17) is 0 Å². The minimum absolute atomic E-state index is 0.126. The van der Waals surface area contributed by atoms with Gasteiger partial charge >= 0.3 is 0 Å². The fourth-order valence-electron chi connectivity index (χ4n) is 3.24. The summed E-state index contributed by atoms with van der Waals surface area (Å²) in [5.74, 6) is -0.273. The number of imide groups is 1. The van der Waals surface area contributed by atoms with Gasteiger partial charge in [-0.1, -0.05) is 31.2 Å². The third kappa shape index (κ3) is 1.87. The Bertz CT molecular complexity index is 516. The van der Waals surface area contributed by atoms with E-state index in [9.17, 15) is 9.59 Å². The minimum Gasteiger partial charge on any atom is -0.295 e. The van der Waals surface area contributed by atoms with Gasteiger partial charge in [-0.25, -0.2) is 0 Å². The second-order valence-electron chi connectivity index (χ2n) is 5.39. The van der Waals surface area contributed by atoms with Crippen LogP contribution in [0.2, 0.25) is 0 Å². The molecule has 3 rings (SSSR count). The Morgan fingerprint density at radius 2 is 1.84 bits per heavy atom. The van der Waals surface area contributed by atoms with Crippen molar-refractivity contribution in [2.75, 3.05) is 0 Å². The molecule has 1 aromatic carbocycles. The third-order valence-electron chi connectivity index (χ3n) is 4.47. The van der Waals surface area contributed by atoms with Gasteiger partial charge in [-0.3, -0.25) is 19.8 Å². The third-order valence-corrected chi connectivity index (χ3v) is 4.47. The molecule has 1 fully saturated rings. The van der Waals surface area contributed by atoms with Crippen molar-refractivity contribution in [3.63, 3.8) is 0 Å². The molecule has 0 spiro atoms. The molecule has 100 valence electrons. The van der Waals surface area contributed by atoms with Gasteiger partial charge in [0.2, 0.25) is 11.8 Å². The number of fused-ring (bicyclic) bond motifs is 1. The molecule has 2 aliphatic heterocycles. The van der Waals surface area contributed by atoms with E-state index in [2.05, 4.69) is 22.3 Å². The predicted octanol–water partition coefficient (Wildman–Crippen LogP) is 1.59. The summed E-state index contributed by atoms with van der Waals surface area (Å²) in [5.41, 5.74) is 2.06. The van der Waals surface area contributed by atoms with Crippen LogP contribution in [0.4, 0.5) is 0 Å². The number of hydrogen-bond donors (Lipinski definition) is 1. The highest BCUT2D eigenvalue weighted by Crippen LogP contribution is 2.36. The molecule has 0 bridgehead atoms. The van der Waals surface area contributed by atoms with E-state index in [0.717, 1.165) is 19.5 Å². The Balaban J connectivity index is 1.89. The monoisotopic (exact) mass is 258 g/mol. The molecule has 0 radical (unpaired) electrons. The van der Waals surface area contributed by atoms with Gasteiger partial charge in [0.1, 0.15) is 5.54 Å². The summed E-state index contributed by atoms with van der Waals surface area (Å²) in [5, 5.41) is 2.51. The SMILES string of the molecule is CC[C@]1(N2Cc3ccccc3C2)CCC(=O)NC1=O. The zero-order chi connectivity index (χ0) is 13.5. The lowest BCUT2D eigenvalue weighted by Gasteiger charge is -2.42. The summed E-state index contributed by atoms with van der Waals surface area (Å²) in [6.45, 7) is 3.62. The molecule has 0 unspecified atom stereocenters. The summed E-state index contributed by atoms with van der Waals surface area (Å²) in [7, 11) is 0. The Kier molecular flexibility index (Phi) is 2.90. The van der Waals surface area contributed by atoms with Gasteiger partial charge in [-0.15, -0.1) is 0 Å². The molecule has 1 N–H and O–H groups in total. The van der Waals surface area contributed by atoms with E-state index in [1.165, 1.54) is 11.1 Å². The van der Waals surface area contributed by atoms with Crippen molar-refractivity contribution >= 4 is 11.8 Å². The number of carbonyl (C=O) groups excluding carboxylic acids is 2. The number of benzene rings is 1. The van der Waals surface area contributed by atoms with E-state index in [1.807, 2.05) is 19.1 Å². The van der Waals surface area contributed by atoms with Crippen LogP contribution in [0.25, 0.3) is 0 Å². The van der Waals surface area contributed by atoms with Crippen molar-refractivity contribution in [1.82, 2.24) is 10.2 Å². The highest BCUT2D eigenvalue weighted by Gasteiger charge is 2.47. The first kappa shape index (κ1) is 12.4. The number of rotatable bonds is 2. The number of carbonyl (C=O) groups is 2. The first-order valence-corrected chi connectivity index (χ1v) is 6.82. The van der Waals surface area contributed by atoms with Gasteiger partial charge in [0.25, 0.3) is 0 Å². The van der Waals surface area contributed by atoms with E-state index < -0.39 is 5.54 Å². The smallest absolute Gasteiger partial charge is 0.247 e. The van der Waals surface area contributed by atoms with Crippen LogP contribution < -0.4 is 5.32 Å². The topological polar surface area (TPSA) is 49.4 Å². The molecule has 2 amide bonds. The molecule has 0 saturated carbocycles. The number of hydrogen-bond acceptors (Lipinski definition) is 3. The first-order valence-electron chi connectivity index (χ1n) is 6.82. The second-order valence-corrected chi connectivity index (χ2v) is 5.39. The van der Waals surface area contributed by atoms with Crippen LogP contribution in [0.5, 0.6) is 0 Å². The van der Waals surface area contributed by atoms with E-state index in [1.54, 1.807) is 0 Å². The van der Waals surface area contributed by atoms with Crippen LogP contribution in [-0.2, 0) is 22.7 Å². The fraction of sp³-hybridized carbons (Fsp3) is 0.467. The van der Waals surface area contributed by atoms with Crippen LogP contribution in [0.1, 0.15) is 37.3 Å². The molecule has 1 aromatic rings. The Morgan fingerprint density at radius 1 is 1.21 bits per heavy atom. The van der Waals surface area contributed by atoms with Gasteiger partial charge in [0, 0.05) is 19.5 Å². The van der Waals surface area contributed by atoms with Gasteiger partial charge in [0.15, 0.2) is 0 Å². The average molecular weight is 258 g/mol. The van der Waals surface area contributed by atoms with Crippen LogP contribution in [0.15, 0.2) is 24.3 Å². The quantitative estimate of drug-likeness (QED) is 0.819. The molecule has 1 saturated heterocycles. The van der Waals surface area contributed by atoms with Crippen molar-refractivity contribution in [2.24, 2.45) is 0 Å². The standard InChI is InChI=1S/C15H18N2O2/c1-2-15(8-7-13(18)16-14(15)19)17-9-11-5-3-4-6-12(11)10-17/h3-6H,2,7-10H2,1H3,(H,16,18,19)/t15-/m0/s1. The zero-order valence-electron chi connectivity index (χ0n) is 11.1. The average Bonchev–Trinajstić information content (AvgIpc) is 2.83. The maximum absolute atomic E-state index is 12.3. The van der Waals surface area contributed by atoms with Gasteiger partial charge < -0.3 is 0 Å². The summed E-state index contributed by atoms with van der Waals surface area (Å²) in [6, 6.07) is 8.30. The molecule has 19 heavy (non-hydrogen) atoms. The molecule has 2 heterocycles. The van der Waals surface area contributed by atoms with E-state index >= 15 is 0 Å². The van der Waals surface area contributed by atoms with Crippen molar-refractivity contribution in [3.8, 4) is 0 Å². The largest absolute Gasteiger partial charge is 0.295 e. The number of amides is 2. The Morgan fingerprint density at radius 3 is 2.37 bits per heavy atom. The van der Waals surface area contributed by atoms with Crippen LogP contribution in [-0.4, -0.2) is 22.3 Å². The molecule has 2 aliphatic rings. The van der Waals surface area contributed by atoms with Crippen molar-refractivity contribution in [2.45, 2.75) is 44.8 Å². The number of nitrogens with one attached hydrogen (secondary N) is 1. The molecular formula is C15H18N2O2. The molecule has 0 aromatic heterocycles. The van der Waals surface area contributed by atoms with Crippen LogP contribution in [0.3, 0.4) is 0 Å². The Labute approximate surface area is 112 Å².